The molecule has 0 heterocycles. The maximum absolute atomic E-state index is 10.7. The van der Waals surface area contributed by atoms with Crippen molar-refractivity contribution in [2.24, 2.45) is 5.92 Å². The van der Waals surface area contributed by atoms with E-state index in [1.807, 2.05) is 12.1 Å². The van der Waals surface area contributed by atoms with Gasteiger partial charge in [-0.05, 0) is 36.9 Å². The Balaban J connectivity index is 1.93. The van der Waals surface area contributed by atoms with Crippen LogP contribution in [-0.2, 0) is 17.8 Å². The molecule has 0 radical (unpaired) electrons. The molecule has 1 saturated carbocycles. The lowest BCUT2D eigenvalue weighted by molar-refractivity contribution is -0.136. The first-order valence-electron chi connectivity index (χ1n) is 7.56. The van der Waals surface area contributed by atoms with Crippen LogP contribution in [0.1, 0.15) is 43.7 Å². The highest BCUT2D eigenvalue weighted by Crippen LogP contribution is 2.28. The molecular formula is C17H25NO2. The van der Waals surface area contributed by atoms with E-state index in [1.165, 1.54) is 31.2 Å². The van der Waals surface area contributed by atoms with E-state index in [2.05, 4.69) is 31.0 Å². The molecule has 2 atom stereocenters. The molecule has 20 heavy (non-hydrogen) atoms. The quantitative estimate of drug-likeness (QED) is 0.896. The Morgan fingerprint density at radius 1 is 1.20 bits per heavy atom. The van der Waals surface area contributed by atoms with Crippen molar-refractivity contribution < 1.29 is 9.90 Å². The molecule has 110 valence electrons. The van der Waals surface area contributed by atoms with Crippen molar-refractivity contribution in [2.45, 2.75) is 51.6 Å². The molecule has 1 aromatic carbocycles. The minimum atomic E-state index is -0.772. The molecule has 3 nitrogen and oxygen atoms in total. The molecule has 0 bridgehead atoms. The largest absolute Gasteiger partial charge is 0.481 e. The second kappa shape index (κ2) is 6.89. The van der Waals surface area contributed by atoms with E-state index < -0.39 is 5.97 Å². The fourth-order valence-corrected chi connectivity index (χ4v) is 3.29. The molecule has 1 fully saturated rings. The predicted octanol–water partition coefficient (Wildman–Crippen LogP) is 3.32. The van der Waals surface area contributed by atoms with Gasteiger partial charge in [0.05, 0.1) is 6.42 Å². The van der Waals surface area contributed by atoms with Gasteiger partial charge in [-0.2, -0.15) is 0 Å². The van der Waals surface area contributed by atoms with Gasteiger partial charge in [-0.15, -0.1) is 0 Å². The van der Waals surface area contributed by atoms with Crippen LogP contribution in [0.25, 0.3) is 0 Å². The maximum atomic E-state index is 10.7. The Bertz CT molecular complexity index is 441. The topological polar surface area (TPSA) is 40.5 Å². The molecule has 0 aliphatic heterocycles. The van der Waals surface area contributed by atoms with E-state index in [0.717, 1.165) is 18.0 Å². The minimum absolute atomic E-state index is 0.107. The fraction of sp³-hybridized carbons (Fsp3) is 0.588. The first-order chi connectivity index (χ1) is 9.56. The average molecular weight is 275 g/mol. The lowest BCUT2D eigenvalue weighted by atomic mass is 9.85. The van der Waals surface area contributed by atoms with Crippen LogP contribution in [-0.4, -0.2) is 29.1 Å². The van der Waals surface area contributed by atoms with Gasteiger partial charge in [0.2, 0.25) is 0 Å². The van der Waals surface area contributed by atoms with Crippen LogP contribution in [0.3, 0.4) is 0 Å². The number of hydrogen-bond acceptors (Lipinski definition) is 2. The van der Waals surface area contributed by atoms with E-state index >= 15 is 0 Å². The SMILES string of the molecule is CC1CCCCC1N(C)Cc1ccc(CC(=O)O)cc1. The first-order valence-corrected chi connectivity index (χ1v) is 7.56. The standard InChI is InChI=1S/C17H25NO2/c1-13-5-3-4-6-16(13)18(2)12-15-9-7-14(8-10-15)11-17(19)20/h7-10,13,16H,3-6,11-12H2,1-2H3,(H,19,20). The Morgan fingerprint density at radius 3 is 2.40 bits per heavy atom. The lowest BCUT2D eigenvalue weighted by Crippen LogP contribution is -2.38. The van der Waals surface area contributed by atoms with Gasteiger partial charge in [-0.25, -0.2) is 0 Å². The zero-order valence-electron chi connectivity index (χ0n) is 12.5. The van der Waals surface area contributed by atoms with Crippen LogP contribution in [0.5, 0.6) is 0 Å². The number of nitrogens with zero attached hydrogens (tertiary/aromatic N) is 1. The Hall–Kier alpha value is -1.35. The number of carboxylic acid groups (broad SMARTS) is 1. The first kappa shape index (κ1) is 15.0. The molecule has 0 amide bonds. The minimum Gasteiger partial charge on any atom is -0.481 e. The molecule has 1 aliphatic carbocycles. The van der Waals surface area contributed by atoms with Gasteiger partial charge in [0.1, 0.15) is 0 Å². The third-order valence-corrected chi connectivity index (χ3v) is 4.44. The number of benzene rings is 1. The zero-order chi connectivity index (χ0) is 14.5. The maximum Gasteiger partial charge on any atom is 0.307 e. The van der Waals surface area contributed by atoms with E-state index in [0.29, 0.717) is 6.04 Å². The molecule has 3 heteroatoms. The monoisotopic (exact) mass is 275 g/mol. The van der Waals surface area contributed by atoms with Crippen molar-refractivity contribution >= 4 is 5.97 Å². The summed E-state index contributed by atoms with van der Waals surface area (Å²) in [4.78, 5) is 13.1. The van der Waals surface area contributed by atoms with Crippen molar-refractivity contribution in [3.63, 3.8) is 0 Å². The number of carboxylic acids is 1. The summed E-state index contributed by atoms with van der Waals surface area (Å²) in [5.41, 5.74) is 2.13. The number of aliphatic carboxylic acids is 1. The van der Waals surface area contributed by atoms with E-state index in [4.69, 9.17) is 5.11 Å². The summed E-state index contributed by atoms with van der Waals surface area (Å²) in [6.45, 7) is 3.30. The van der Waals surface area contributed by atoms with E-state index in [9.17, 15) is 4.79 Å². The van der Waals surface area contributed by atoms with Gasteiger partial charge in [0.15, 0.2) is 0 Å². The Morgan fingerprint density at radius 2 is 1.80 bits per heavy atom. The van der Waals surface area contributed by atoms with Gasteiger partial charge in [0, 0.05) is 12.6 Å². The molecule has 1 aliphatic rings. The summed E-state index contributed by atoms with van der Waals surface area (Å²) in [5, 5.41) is 8.77. The second-order valence-electron chi connectivity index (χ2n) is 6.13. The van der Waals surface area contributed by atoms with Gasteiger partial charge in [0.25, 0.3) is 0 Å². The van der Waals surface area contributed by atoms with Crippen molar-refractivity contribution in [3.8, 4) is 0 Å². The molecule has 2 rings (SSSR count). The average Bonchev–Trinajstić information content (AvgIpc) is 2.41. The van der Waals surface area contributed by atoms with E-state index in [1.54, 1.807) is 0 Å². The van der Waals surface area contributed by atoms with Gasteiger partial charge in [-0.1, -0.05) is 44.0 Å². The molecule has 0 aromatic heterocycles. The second-order valence-corrected chi connectivity index (χ2v) is 6.13. The van der Waals surface area contributed by atoms with Crippen molar-refractivity contribution in [2.75, 3.05) is 7.05 Å². The zero-order valence-corrected chi connectivity index (χ0v) is 12.5. The van der Waals surface area contributed by atoms with Crippen LogP contribution in [0.2, 0.25) is 0 Å². The summed E-state index contributed by atoms with van der Waals surface area (Å²) in [6.07, 6.45) is 5.46. The summed E-state index contributed by atoms with van der Waals surface area (Å²) >= 11 is 0. The number of carbonyl (C=O) groups is 1. The third-order valence-electron chi connectivity index (χ3n) is 4.44. The predicted molar refractivity (Wildman–Crippen MR) is 80.7 cm³/mol. The van der Waals surface area contributed by atoms with Crippen molar-refractivity contribution in [1.82, 2.24) is 4.90 Å². The van der Waals surface area contributed by atoms with Crippen LogP contribution >= 0.6 is 0 Å². The lowest BCUT2D eigenvalue weighted by Gasteiger charge is -2.36. The van der Waals surface area contributed by atoms with E-state index in [-0.39, 0.29) is 6.42 Å². The van der Waals surface area contributed by atoms with Crippen molar-refractivity contribution in [1.29, 1.82) is 0 Å². The Labute approximate surface area is 121 Å². The summed E-state index contributed by atoms with van der Waals surface area (Å²) in [5.74, 6) is 0.00549. The summed E-state index contributed by atoms with van der Waals surface area (Å²) in [7, 11) is 2.21. The molecule has 0 saturated heterocycles. The van der Waals surface area contributed by atoms with Crippen molar-refractivity contribution in [3.05, 3.63) is 35.4 Å². The molecular weight excluding hydrogens is 250 g/mol. The molecule has 0 spiro atoms. The van der Waals surface area contributed by atoms with Gasteiger partial charge < -0.3 is 5.11 Å². The van der Waals surface area contributed by atoms with Crippen LogP contribution < -0.4 is 0 Å². The fourth-order valence-electron chi connectivity index (χ4n) is 3.29. The van der Waals surface area contributed by atoms with Gasteiger partial charge in [-0.3, -0.25) is 9.69 Å². The highest BCUT2D eigenvalue weighted by Gasteiger charge is 2.24. The summed E-state index contributed by atoms with van der Waals surface area (Å²) < 4.78 is 0. The van der Waals surface area contributed by atoms with Crippen LogP contribution in [0.15, 0.2) is 24.3 Å². The third kappa shape index (κ3) is 4.07. The number of rotatable bonds is 5. The number of hydrogen-bond donors (Lipinski definition) is 1. The molecule has 1 N–H and O–H groups in total. The summed E-state index contributed by atoms with van der Waals surface area (Å²) in [6, 6.07) is 8.66. The molecule has 2 unspecified atom stereocenters. The van der Waals surface area contributed by atoms with Crippen LogP contribution in [0.4, 0.5) is 0 Å². The van der Waals surface area contributed by atoms with Gasteiger partial charge >= 0.3 is 5.97 Å². The smallest absolute Gasteiger partial charge is 0.307 e. The highest BCUT2D eigenvalue weighted by atomic mass is 16.4. The molecule has 1 aromatic rings. The highest BCUT2D eigenvalue weighted by molar-refractivity contribution is 5.70. The normalized spacial score (nSPS) is 22.9. The van der Waals surface area contributed by atoms with Crippen LogP contribution in [0, 0.1) is 5.92 Å². The Kier molecular flexibility index (Phi) is 5.18.